The highest BCUT2D eigenvalue weighted by atomic mass is 16.6. The Morgan fingerprint density at radius 3 is 2.78 bits per heavy atom. The molecule has 18 heavy (non-hydrogen) atoms. The van der Waals surface area contributed by atoms with Gasteiger partial charge >= 0.3 is 6.09 Å². The summed E-state index contributed by atoms with van der Waals surface area (Å²) < 4.78 is 5.33. The lowest BCUT2D eigenvalue weighted by Crippen LogP contribution is -2.57. The third-order valence-electron chi connectivity index (χ3n) is 3.25. The molecule has 2 aliphatic rings. The average Bonchev–Trinajstić information content (AvgIpc) is 2.56. The first-order valence-corrected chi connectivity index (χ1v) is 6.31. The van der Waals surface area contributed by atoms with Gasteiger partial charge in [-0.1, -0.05) is 0 Å². The van der Waals surface area contributed by atoms with Crippen LogP contribution in [-0.2, 0) is 9.53 Å². The van der Waals surface area contributed by atoms with Crippen LogP contribution in [0.3, 0.4) is 0 Å². The fourth-order valence-electron chi connectivity index (χ4n) is 2.61. The normalized spacial score (nSPS) is 31.9. The molecule has 2 aliphatic heterocycles. The van der Waals surface area contributed by atoms with E-state index in [9.17, 15) is 9.59 Å². The fourth-order valence-corrected chi connectivity index (χ4v) is 2.61. The molecule has 2 heterocycles. The predicted molar refractivity (Wildman–Crippen MR) is 65.8 cm³/mol. The van der Waals surface area contributed by atoms with Crippen LogP contribution in [0.5, 0.6) is 0 Å². The maximum atomic E-state index is 12.1. The minimum absolute atomic E-state index is 0.0912. The minimum atomic E-state index is -0.566. The Bertz CT molecular complexity index is 364. The first-order chi connectivity index (χ1) is 8.28. The van der Waals surface area contributed by atoms with Gasteiger partial charge in [-0.05, 0) is 27.2 Å². The van der Waals surface area contributed by atoms with E-state index >= 15 is 0 Å². The summed E-state index contributed by atoms with van der Waals surface area (Å²) in [7, 11) is 0. The highest BCUT2D eigenvalue weighted by Gasteiger charge is 2.46. The SMILES string of the molecule is CC(C)(C)OC(=O)N1C[C@@H](N)C[C@H]2CNC(=O)[C@H]21. The Kier molecular flexibility index (Phi) is 3.23. The number of fused-ring (bicyclic) bond motifs is 1. The number of rotatable bonds is 0. The number of carbonyl (C=O) groups is 2. The van der Waals surface area contributed by atoms with Crippen molar-refractivity contribution in [2.24, 2.45) is 11.7 Å². The Hall–Kier alpha value is -1.30. The first kappa shape index (κ1) is 13.1. The molecule has 2 saturated heterocycles. The van der Waals surface area contributed by atoms with Gasteiger partial charge in [-0.2, -0.15) is 0 Å². The Morgan fingerprint density at radius 1 is 1.50 bits per heavy atom. The molecule has 102 valence electrons. The molecule has 2 amide bonds. The molecule has 6 heteroatoms. The van der Waals surface area contributed by atoms with Gasteiger partial charge in [-0.15, -0.1) is 0 Å². The number of piperidine rings is 1. The molecule has 0 aromatic carbocycles. The second-order valence-electron chi connectivity index (χ2n) is 6.08. The van der Waals surface area contributed by atoms with Crippen molar-refractivity contribution in [3.8, 4) is 0 Å². The number of amides is 2. The van der Waals surface area contributed by atoms with E-state index in [2.05, 4.69) is 5.32 Å². The van der Waals surface area contributed by atoms with Crippen LogP contribution in [0.2, 0.25) is 0 Å². The van der Waals surface area contributed by atoms with Gasteiger partial charge in [-0.3, -0.25) is 9.69 Å². The van der Waals surface area contributed by atoms with E-state index in [1.165, 1.54) is 4.90 Å². The second kappa shape index (κ2) is 4.42. The third kappa shape index (κ3) is 2.58. The van der Waals surface area contributed by atoms with Crippen LogP contribution in [0.4, 0.5) is 4.79 Å². The van der Waals surface area contributed by atoms with Crippen LogP contribution in [0.1, 0.15) is 27.2 Å². The lowest BCUT2D eigenvalue weighted by molar-refractivity contribution is -0.125. The first-order valence-electron chi connectivity index (χ1n) is 6.31. The molecule has 0 aromatic rings. The van der Waals surface area contributed by atoms with E-state index < -0.39 is 17.7 Å². The van der Waals surface area contributed by atoms with E-state index in [0.29, 0.717) is 13.1 Å². The van der Waals surface area contributed by atoms with Gasteiger partial charge in [0.2, 0.25) is 5.91 Å². The van der Waals surface area contributed by atoms with Gasteiger partial charge in [0.15, 0.2) is 0 Å². The number of ether oxygens (including phenoxy) is 1. The maximum Gasteiger partial charge on any atom is 0.411 e. The Morgan fingerprint density at radius 2 is 2.17 bits per heavy atom. The van der Waals surface area contributed by atoms with Crippen molar-refractivity contribution in [3.63, 3.8) is 0 Å². The highest BCUT2D eigenvalue weighted by molar-refractivity contribution is 5.88. The van der Waals surface area contributed by atoms with Crippen molar-refractivity contribution < 1.29 is 14.3 Å². The molecule has 0 aromatic heterocycles. The van der Waals surface area contributed by atoms with Crippen molar-refractivity contribution >= 4 is 12.0 Å². The van der Waals surface area contributed by atoms with Crippen LogP contribution in [0, 0.1) is 5.92 Å². The van der Waals surface area contributed by atoms with E-state index in [0.717, 1.165) is 6.42 Å². The minimum Gasteiger partial charge on any atom is -0.444 e. The van der Waals surface area contributed by atoms with Gasteiger partial charge in [0.05, 0.1) is 0 Å². The van der Waals surface area contributed by atoms with Gasteiger partial charge in [0.25, 0.3) is 0 Å². The molecule has 2 fully saturated rings. The summed E-state index contributed by atoms with van der Waals surface area (Å²) in [6.45, 7) is 6.39. The van der Waals surface area contributed by atoms with E-state index in [1.54, 1.807) is 20.8 Å². The van der Waals surface area contributed by atoms with Crippen molar-refractivity contribution in [1.82, 2.24) is 10.2 Å². The molecule has 3 N–H and O–H groups in total. The van der Waals surface area contributed by atoms with Crippen LogP contribution in [-0.4, -0.2) is 47.7 Å². The van der Waals surface area contributed by atoms with Crippen molar-refractivity contribution in [2.45, 2.75) is 44.9 Å². The summed E-state index contributed by atoms with van der Waals surface area (Å²) in [5, 5.41) is 2.79. The summed E-state index contributed by atoms with van der Waals surface area (Å²) in [6.07, 6.45) is 0.313. The molecule has 0 unspecified atom stereocenters. The fraction of sp³-hybridized carbons (Fsp3) is 0.833. The molecule has 3 atom stereocenters. The molecular formula is C12H21N3O3. The lowest BCUT2D eigenvalue weighted by atomic mass is 9.89. The number of carbonyl (C=O) groups excluding carboxylic acids is 2. The zero-order chi connectivity index (χ0) is 13.5. The molecule has 0 radical (unpaired) electrons. The molecular weight excluding hydrogens is 234 g/mol. The van der Waals surface area contributed by atoms with Crippen LogP contribution in [0.25, 0.3) is 0 Å². The van der Waals surface area contributed by atoms with Gasteiger partial charge < -0.3 is 15.8 Å². The smallest absolute Gasteiger partial charge is 0.411 e. The summed E-state index contributed by atoms with van der Waals surface area (Å²) in [6, 6.07) is -0.508. The van der Waals surface area contributed by atoms with Gasteiger partial charge in [-0.25, -0.2) is 4.79 Å². The van der Waals surface area contributed by atoms with Crippen molar-refractivity contribution in [3.05, 3.63) is 0 Å². The average molecular weight is 255 g/mol. The van der Waals surface area contributed by atoms with Gasteiger partial charge in [0, 0.05) is 25.0 Å². The van der Waals surface area contributed by atoms with Crippen LogP contribution < -0.4 is 11.1 Å². The molecule has 0 saturated carbocycles. The summed E-state index contributed by atoms with van der Waals surface area (Å²) in [5.41, 5.74) is 5.37. The highest BCUT2D eigenvalue weighted by Crippen LogP contribution is 2.28. The van der Waals surface area contributed by atoms with E-state index in [4.69, 9.17) is 10.5 Å². The molecule has 0 bridgehead atoms. The number of nitrogens with zero attached hydrogens (tertiary/aromatic N) is 1. The molecule has 0 aliphatic carbocycles. The van der Waals surface area contributed by atoms with E-state index in [-0.39, 0.29) is 17.9 Å². The number of hydrogen-bond donors (Lipinski definition) is 2. The van der Waals surface area contributed by atoms with Crippen molar-refractivity contribution in [1.29, 1.82) is 0 Å². The third-order valence-corrected chi connectivity index (χ3v) is 3.25. The number of nitrogens with two attached hydrogens (primary N) is 1. The predicted octanol–water partition coefficient (Wildman–Crippen LogP) is 0.0691. The summed E-state index contributed by atoms with van der Waals surface area (Å²) in [5.74, 6) is 0.00604. The topological polar surface area (TPSA) is 84.7 Å². The molecule has 6 nitrogen and oxygen atoms in total. The monoisotopic (exact) mass is 255 g/mol. The quantitative estimate of drug-likeness (QED) is 0.641. The Labute approximate surface area is 107 Å². The summed E-state index contributed by atoms with van der Waals surface area (Å²) >= 11 is 0. The summed E-state index contributed by atoms with van der Waals surface area (Å²) in [4.78, 5) is 25.4. The largest absolute Gasteiger partial charge is 0.444 e. The zero-order valence-corrected chi connectivity index (χ0v) is 11.1. The zero-order valence-electron chi connectivity index (χ0n) is 11.1. The van der Waals surface area contributed by atoms with Crippen LogP contribution in [0.15, 0.2) is 0 Å². The molecule has 0 spiro atoms. The Balaban J connectivity index is 2.14. The molecule has 2 rings (SSSR count). The van der Waals surface area contributed by atoms with Gasteiger partial charge in [0.1, 0.15) is 11.6 Å². The second-order valence-corrected chi connectivity index (χ2v) is 6.08. The number of hydrogen-bond acceptors (Lipinski definition) is 4. The number of likely N-dealkylation sites (tertiary alicyclic amines) is 1. The maximum absolute atomic E-state index is 12.1. The van der Waals surface area contributed by atoms with E-state index in [1.807, 2.05) is 0 Å². The lowest BCUT2D eigenvalue weighted by Gasteiger charge is -2.39. The van der Waals surface area contributed by atoms with Crippen molar-refractivity contribution in [2.75, 3.05) is 13.1 Å². The number of nitrogens with one attached hydrogen (secondary N) is 1. The van der Waals surface area contributed by atoms with Crippen LogP contribution >= 0.6 is 0 Å². The standard InChI is InChI=1S/C12H21N3O3/c1-12(2,3)18-11(17)15-6-8(13)4-7-5-14-10(16)9(7)15/h7-9H,4-6,13H2,1-3H3,(H,14,16)/t7-,8-,9-/m0/s1.